The van der Waals surface area contributed by atoms with E-state index in [2.05, 4.69) is 38.1 Å². The van der Waals surface area contributed by atoms with Gasteiger partial charge in [0, 0.05) is 10.8 Å². The van der Waals surface area contributed by atoms with Gasteiger partial charge >= 0.3 is 11.9 Å². The number of ether oxygens (including phenoxy) is 1. The second kappa shape index (κ2) is 3.73. The molecule has 1 aliphatic heterocycles. The van der Waals surface area contributed by atoms with E-state index >= 15 is 0 Å². The zero-order valence-electron chi connectivity index (χ0n) is 13.0. The number of hydrogen-bond donors (Lipinski definition) is 0. The van der Waals surface area contributed by atoms with Crippen LogP contribution in [0.4, 0.5) is 0 Å². The summed E-state index contributed by atoms with van der Waals surface area (Å²) in [4.78, 5) is 25.1. The molecule has 0 amide bonds. The van der Waals surface area contributed by atoms with E-state index < -0.39 is 22.7 Å². The van der Waals surface area contributed by atoms with Crippen LogP contribution < -0.4 is 0 Å². The smallest absolute Gasteiger partial charge is 0.318 e. The van der Waals surface area contributed by atoms with Gasteiger partial charge in [0.2, 0.25) is 0 Å². The molecule has 0 radical (unpaired) electrons. The van der Waals surface area contributed by atoms with Crippen molar-refractivity contribution in [2.75, 3.05) is 0 Å². The van der Waals surface area contributed by atoms with E-state index in [-0.39, 0.29) is 11.9 Å². The summed E-state index contributed by atoms with van der Waals surface area (Å²) in [6, 6.07) is 16.4. The maximum absolute atomic E-state index is 12.5. The van der Waals surface area contributed by atoms with Gasteiger partial charge in [-0.15, -0.1) is 0 Å². The Hall–Kier alpha value is -2.42. The zero-order valence-corrected chi connectivity index (χ0v) is 13.0. The molecule has 0 N–H and O–H groups in total. The van der Waals surface area contributed by atoms with Gasteiger partial charge in [-0.05, 0) is 22.3 Å². The van der Waals surface area contributed by atoms with Crippen LogP contribution in [0, 0.1) is 11.8 Å². The van der Waals surface area contributed by atoms with Crippen molar-refractivity contribution in [3.05, 3.63) is 70.8 Å². The molecule has 6 rings (SSSR count). The highest BCUT2D eigenvalue weighted by atomic mass is 16.6. The largest absolute Gasteiger partial charge is 0.393 e. The summed E-state index contributed by atoms with van der Waals surface area (Å²) in [5.74, 6) is -1.63. The fourth-order valence-corrected chi connectivity index (χ4v) is 5.37. The van der Waals surface area contributed by atoms with Crippen LogP contribution >= 0.6 is 0 Å². The van der Waals surface area contributed by atoms with Crippen LogP contribution in [-0.4, -0.2) is 11.9 Å². The lowest BCUT2D eigenvalue weighted by Crippen LogP contribution is -2.59. The first-order valence-electron chi connectivity index (χ1n) is 7.96. The number of benzene rings is 2. The monoisotopic (exact) mass is 304 g/mol. The van der Waals surface area contributed by atoms with Gasteiger partial charge in [-0.1, -0.05) is 62.4 Å². The molecule has 2 atom stereocenters. The summed E-state index contributed by atoms with van der Waals surface area (Å²) < 4.78 is 5.10. The molecule has 0 saturated carbocycles. The van der Waals surface area contributed by atoms with Crippen LogP contribution in [0.25, 0.3) is 0 Å². The Morgan fingerprint density at radius 3 is 1.30 bits per heavy atom. The van der Waals surface area contributed by atoms with Crippen molar-refractivity contribution in [3.63, 3.8) is 0 Å². The first kappa shape index (κ1) is 13.1. The Kier molecular flexibility index (Phi) is 2.12. The maximum atomic E-state index is 12.5. The number of esters is 2. The molecule has 1 saturated heterocycles. The topological polar surface area (TPSA) is 43.4 Å². The van der Waals surface area contributed by atoms with Crippen LogP contribution in [0.5, 0.6) is 0 Å². The molecule has 114 valence electrons. The Morgan fingerprint density at radius 1 is 0.696 bits per heavy atom. The minimum Gasteiger partial charge on any atom is -0.393 e. The van der Waals surface area contributed by atoms with E-state index in [0.29, 0.717) is 0 Å². The molecule has 23 heavy (non-hydrogen) atoms. The Balaban J connectivity index is 1.99. The first-order valence-corrected chi connectivity index (χ1v) is 7.96. The lowest BCUT2D eigenvalue weighted by atomic mass is 9.42. The predicted octanol–water partition coefficient (Wildman–Crippen LogP) is 2.94. The lowest BCUT2D eigenvalue weighted by molar-refractivity contribution is -0.154. The number of cyclic esters (lactones) is 2. The highest BCUT2D eigenvalue weighted by Gasteiger charge is 2.70. The highest BCUT2D eigenvalue weighted by molar-refractivity contribution is 6.01. The van der Waals surface area contributed by atoms with Gasteiger partial charge in [-0.3, -0.25) is 9.59 Å². The molecule has 1 heterocycles. The Bertz CT molecular complexity index is 776. The molecule has 4 aliphatic rings. The van der Waals surface area contributed by atoms with Crippen LogP contribution in [0.15, 0.2) is 48.5 Å². The molecule has 0 unspecified atom stereocenters. The maximum Gasteiger partial charge on any atom is 0.318 e. The fourth-order valence-electron chi connectivity index (χ4n) is 5.37. The molecular formula is C20H16O3. The lowest BCUT2D eigenvalue weighted by Gasteiger charge is -2.57. The van der Waals surface area contributed by atoms with Crippen LogP contribution in [0.3, 0.4) is 0 Å². The average molecular weight is 304 g/mol. The third-order valence-electron chi connectivity index (χ3n) is 6.38. The zero-order chi connectivity index (χ0) is 16.0. The van der Waals surface area contributed by atoms with Crippen LogP contribution in [0.2, 0.25) is 0 Å². The SMILES string of the molecule is CC12c3ccccc3C(C)(c3ccccc31)[C@H]1C(=O)OC(=O)[C@H]12. The molecule has 0 aromatic heterocycles. The standard InChI is InChI=1S/C20H16O3/c1-19-11-7-3-5-9-13(11)20(2,14-10-6-4-8-12(14)19)16-15(19)17(21)23-18(16)22/h3-10,15-16H,1-2H3/t15-,16+,19?,20?. The molecule has 0 spiro atoms. The Labute approximate surface area is 134 Å². The van der Waals surface area contributed by atoms with Crippen molar-refractivity contribution in [2.45, 2.75) is 24.7 Å². The van der Waals surface area contributed by atoms with Crippen molar-refractivity contribution < 1.29 is 14.3 Å². The van der Waals surface area contributed by atoms with Crippen LogP contribution in [-0.2, 0) is 25.2 Å². The van der Waals surface area contributed by atoms with Gasteiger partial charge in [0.05, 0.1) is 11.8 Å². The number of rotatable bonds is 0. The summed E-state index contributed by atoms with van der Waals surface area (Å²) in [6.45, 7) is 4.17. The predicted molar refractivity (Wildman–Crippen MR) is 83.9 cm³/mol. The van der Waals surface area contributed by atoms with Crippen molar-refractivity contribution in [2.24, 2.45) is 11.8 Å². The van der Waals surface area contributed by atoms with Crippen molar-refractivity contribution >= 4 is 11.9 Å². The van der Waals surface area contributed by atoms with E-state index in [1.807, 2.05) is 24.3 Å². The van der Waals surface area contributed by atoms with Gasteiger partial charge in [-0.2, -0.15) is 0 Å². The second-order valence-corrected chi connectivity index (χ2v) is 7.19. The van der Waals surface area contributed by atoms with Gasteiger partial charge < -0.3 is 4.74 Å². The van der Waals surface area contributed by atoms with E-state index in [9.17, 15) is 9.59 Å². The second-order valence-electron chi connectivity index (χ2n) is 7.19. The van der Waals surface area contributed by atoms with E-state index in [1.165, 1.54) is 0 Å². The molecule has 2 aromatic rings. The molecule has 2 aromatic carbocycles. The molecular weight excluding hydrogens is 288 g/mol. The van der Waals surface area contributed by atoms with Crippen molar-refractivity contribution in [3.8, 4) is 0 Å². The molecule has 2 bridgehead atoms. The van der Waals surface area contributed by atoms with Gasteiger partial charge in [-0.25, -0.2) is 0 Å². The number of carbonyl (C=O) groups excluding carboxylic acids is 2. The quantitative estimate of drug-likeness (QED) is 0.555. The summed E-state index contributed by atoms with van der Waals surface area (Å²) in [5.41, 5.74) is 3.56. The third-order valence-corrected chi connectivity index (χ3v) is 6.38. The van der Waals surface area contributed by atoms with Crippen molar-refractivity contribution in [1.82, 2.24) is 0 Å². The minimum atomic E-state index is -0.515. The third kappa shape index (κ3) is 1.18. The summed E-state index contributed by atoms with van der Waals surface area (Å²) >= 11 is 0. The number of carbonyl (C=O) groups is 2. The van der Waals surface area contributed by atoms with Gasteiger partial charge in [0.15, 0.2) is 0 Å². The summed E-state index contributed by atoms with van der Waals surface area (Å²) in [7, 11) is 0. The summed E-state index contributed by atoms with van der Waals surface area (Å²) in [6.07, 6.45) is 0. The van der Waals surface area contributed by atoms with E-state index in [1.54, 1.807) is 0 Å². The normalized spacial score (nSPS) is 36.3. The van der Waals surface area contributed by atoms with Gasteiger partial charge in [0.1, 0.15) is 0 Å². The Morgan fingerprint density at radius 2 is 1.00 bits per heavy atom. The molecule has 3 heteroatoms. The molecule has 3 nitrogen and oxygen atoms in total. The van der Waals surface area contributed by atoms with Crippen LogP contribution in [0.1, 0.15) is 36.1 Å². The number of hydrogen-bond acceptors (Lipinski definition) is 3. The van der Waals surface area contributed by atoms with Crippen molar-refractivity contribution in [1.29, 1.82) is 0 Å². The fraction of sp³-hybridized carbons (Fsp3) is 0.300. The average Bonchev–Trinajstić information content (AvgIpc) is 2.88. The summed E-state index contributed by atoms with van der Waals surface area (Å²) in [5, 5.41) is 0. The van der Waals surface area contributed by atoms with E-state index in [4.69, 9.17) is 4.74 Å². The minimum absolute atomic E-state index is 0.377. The van der Waals surface area contributed by atoms with E-state index in [0.717, 1.165) is 22.3 Å². The first-order chi connectivity index (χ1) is 11.0. The van der Waals surface area contributed by atoms with Gasteiger partial charge in [0.25, 0.3) is 0 Å². The highest BCUT2D eigenvalue weighted by Crippen LogP contribution is 2.65. The molecule has 1 fully saturated rings. The molecule has 3 aliphatic carbocycles.